The van der Waals surface area contributed by atoms with Crippen LogP contribution in [0.5, 0.6) is 0 Å². The average molecular weight is 398 g/mol. The van der Waals surface area contributed by atoms with Gasteiger partial charge in [0.2, 0.25) is 11.7 Å². The Bertz CT molecular complexity index is 966. The van der Waals surface area contributed by atoms with E-state index in [-0.39, 0.29) is 17.9 Å². The molecule has 1 aromatic heterocycles. The van der Waals surface area contributed by atoms with E-state index in [1.54, 1.807) is 0 Å². The van der Waals surface area contributed by atoms with Gasteiger partial charge >= 0.3 is 0 Å². The van der Waals surface area contributed by atoms with E-state index in [9.17, 15) is 4.79 Å². The Morgan fingerprint density at radius 2 is 1.89 bits per heavy atom. The molecular weight excluding hydrogens is 374 g/mol. The summed E-state index contributed by atoms with van der Waals surface area (Å²) in [6.45, 7) is 8.04. The molecule has 1 N–H and O–H groups in total. The number of aryl methyl sites for hydroxylation is 2. The van der Waals surface area contributed by atoms with E-state index in [0.717, 1.165) is 23.1 Å². The number of benzene rings is 2. The van der Waals surface area contributed by atoms with Gasteiger partial charge in [-0.3, -0.25) is 4.79 Å². The first-order chi connectivity index (χ1) is 13.4. The zero-order valence-electron chi connectivity index (χ0n) is 16.5. The number of hydrogen-bond acceptors (Lipinski definition) is 4. The number of halogens is 1. The van der Waals surface area contributed by atoms with Crippen molar-refractivity contribution in [3.05, 3.63) is 70.1 Å². The van der Waals surface area contributed by atoms with Gasteiger partial charge in [-0.15, -0.1) is 0 Å². The molecule has 6 heteroatoms. The summed E-state index contributed by atoms with van der Waals surface area (Å²) in [7, 11) is 0. The fourth-order valence-electron chi connectivity index (χ4n) is 2.82. The van der Waals surface area contributed by atoms with Crippen molar-refractivity contribution >= 4 is 17.5 Å². The maximum Gasteiger partial charge on any atom is 0.251 e. The number of carbonyl (C=O) groups is 1. The lowest BCUT2D eigenvalue weighted by molar-refractivity contribution is 0.0910. The van der Waals surface area contributed by atoms with Crippen LogP contribution in [0.15, 0.2) is 47.0 Å². The van der Waals surface area contributed by atoms with Gasteiger partial charge in [0.25, 0.3) is 5.91 Å². The topological polar surface area (TPSA) is 68.0 Å². The van der Waals surface area contributed by atoms with Crippen LogP contribution < -0.4 is 5.32 Å². The molecule has 1 amide bonds. The van der Waals surface area contributed by atoms with Gasteiger partial charge in [-0.05, 0) is 43.5 Å². The minimum atomic E-state index is -0.374. The number of carbonyl (C=O) groups excluding carboxylic acids is 1. The van der Waals surface area contributed by atoms with Crippen molar-refractivity contribution < 1.29 is 9.32 Å². The second-order valence-electron chi connectivity index (χ2n) is 7.12. The van der Waals surface area contributed by atoms with Crippen LogP contribution >= 0.6 is 11.6 Å². The molecular formula is C22H24ClN3O2. The van der Waals surface area contributed by atoms with Crippen molar-refractivity contribution in [2.75, 3.05) is 0 Å². The Labute approximate surface area is 170 Å². The molecule has 0 saturated carbocycles. The summed E-state index contributed by atoms with van der Waals surface area (Å²) in [5, 5.41) is 7.78. The molecule has 0 bridgehead atoms. The Kier molecular flexibility index (Phi) is 6.15. The van der Waals surface area contributed by atoms with Crippen molar-refractivity contribution in [2.24, 2.45) is 5.92 Å². The molecule has 2 aromatic carbocycles. The number of aromatic nitrogens is 2. The van der Waals surface area contributed by atoms with Gasteiger partial charge < -0.3 is 9.84 Å². The summed E-state index contributed by atoms with van der Waals surface area (Å²) >= 11 is 6.21. The Morgan fingerprint density at radius 1 is 1.18 bits per heavy atom. The van der Waals surface area contributed by atoms with Crippen molar-refractivity contribution in [3.8, 4) is 11.4 Å². The number of rotatable bonds is 6. The summed E-state index contributed by atoms with van der Waals surface area (Å²) in [6, 6.07) is 12.7. The third-order valence-electron chi connectivity index (χ3n) is 4.95. The van der Waals surface area contributed by atoms with Gasteiger partial charge in [-0.2, -0.15) is 4.98 Å². The van der Waals surface area contributed by atoms with Crippen LogP contribution in [0.2, 0.25) is 5.02 Å². The van der Waals surface area contributed by atoms with E-state index in [2.05, 4.69) is 22.4 Å². The number of amides is 1. The van der Waals surface area contributed by atoms with Crippen molar-refractivity contribution in [3.63, 3.8) is 0 Å². The van der Waals surface area contributed by atoms with Crippen LogP contribution in [-0.4, -0.2) is 16.0 Å². The highest BCUT2D eigenvalue weighted by atomic mass is 35.5. The minimum Gasteiger partial charge on any atom is -0.340 e. The summed E-state index contributed by atoms with van der Waals surface area (Å²) in [4.78, 5) is 17.2. The lowest BCUT2D eigenvalue weighted by atomic mass is 9.98. The average Bonchev–Trinajstić information content (AvgIpc) is 3.17. The maximum absolute atomic E-state index is 12.7. The van der Waals surface area contributed by atoms with E-state index in [0.29, 0.717) is 22.3 Å². The molecule has 1 heterocycles. The molecule has 2 unspecified atom stereocenters. The Morgan fingerprint density at radius 3 is 2.54 bits per heavy atom. The predicted octanol–water partition coefficient (Wildman–Crippen LogP) is 5.52. The van der Waals surface area contributed by atoms with Gasteiger partial charge in [0, 0.05) is 16.1 Å². The fraction of sp³-hybridized carbons (Fsp3) is 0.318. The molecule has 0 aliphatic carbocycles. The van der Waals surface area contributed by atoms with Crippen LogP contribution in [0, 0.1) is 19.8 Å². The van der Waals surface area contributed by atoms with Crippen LogP contribution in [0.3, 0.4) is 0 Å². The van der Waals surface area contributed by atoms with Gasteiger partial charge in [0.1, 0.15) is 6.04 Å². The van der Waals surface area contributed by atoms with Crippen LogP contribution in [-0.2, 0) is 0 Å². The van der Waals surface area contributed by atoms with Gasteiger partial charge in [-0.1, -0.05) is 66.9 Å². The number of nitrogens with zero attached hydrogens (tertiary/aromatic N) is 2. The molecule has 0 saturated heterocycles. The number of nitrogens with one attached hydrogen (secondary N) is 1. The standard InChI is InChI=1S/C22H24ClN3O2/c1-5-14(3)19(24-21(27)16-9-6-13(2)7-10-16)22-25-20(26-28-22)17-11-8-15(4)18(23)12-17/h6-12,14,19H,5H2,1-4H3,(H,24,27). The van der Waals surface area contributed by atoms with E-state index in [1.807, 2.05) is 63.2 Å². The molecule has 5 nitrogen and oxygen atoms in total. The zero-order valence-corrected chi connectivity index (χ0v) is 17.2. The molecule has 146 valence electrons. The fourth-order valence-corrected chi connectivity index (χ4v) is 3.00. The summed E-state index contributed by atoms with van der Waals surface area (Å²) in [6.07, 6.45) is 0.854. The highest BCUT2D eigenvalue weighted by molar-refractivity contribution is 6.31. The van der Waals surface area contributed by atoms with E-state index in [4.69, 9.17) is 16.1 Å². The lowest BCUT2D eigenvalue weighted by Crippen LogP contribution is -2.32. The number of hydrogen-bond donors (Lipinski definition) is 1. The second-order valence-corrected chi connectivity index (χ2v) is 7.53. The summed E-state index contributed by atoms with van der Waals surface area (Å²) in [5.41, 5.74) is 3.47. The highest BCUT2D eigenvalue weighted by Gasteiger charge is 2.27. The smallest absolute Gasteiger partial charge is 0.251 e. The Hall–Kier alpha value is -2.66. The minimum absolute atomic E-state index is 0.129. The van der Waals surface area contributed by atoms with E-state index < -0.39 is 0 Å². The monoisotopic (exact) mass is 397 g/mol. The predicted molar refractivity (Wildman–Crippen MR) is 110 cm³/mol. The zero-order chi connectivity index (χ0) is 20.3. The maximum atomic E-state index is 12.7. The lowest BCUT2D eigenvalue weighted by Gasteiger charge is -2.20. The quantitative estimate of drug-likeness (QED) is 0.594. The van der Waals surface area contributed by atoms with Crippen LogP contribution in [0.1, 0.15) is 53.7 Å². The highest BCUT2D eigenvalue weighted by Crippen LogP contribution is 2.28. The third-order valence-corrected chi connectivity index (χ3v) is 5.36. The van der Waals surface area contributed by atoms with E-state index in [1.165, 1.54) is 0 Å². The second kappa shape index (κ2) is 8.57. The molecule has 28 heavy (non-hydrogen) atoms. The van der Waals surface area contributed by atoms with Crippen molar-refractivity contribution in [2.45, 2.75) is 40.2 Å². The van der Waals surface area contributed by atoms with Gasteiger partial charge in [0.15, 0.2) is 0 Å². The first kappa shape index (κ1) is 20.1. The molecule has 3 aromatic rings. The normalized spacial score (nSPS) is 13.2. The Balaban J connectivity index is 1.86. The first-order valence-corrected chi connectivity index (χ1v) is 9.74. The molecule has 3 rings (SSSR count). The molecule has 0 aliphatic rings. The largest absolute Gasteiger partial charge is 0.340 e. The molecule has 2 atom stereocenters. The van der Waals surface area contributed by atoms with Gasteiger partial charge in [-0.25, -0.2) is 0 Å². The van der Waals surface area contributed by atoms with Crippen LogP contribution in [0.25, 0.3) is 11.4 Å². The van der Waals surface area contributed by atoms with Gasteiger partial charge in [0.05, 0.1) is 0 Å². The first-order valence-electron chi connectivity index (χ1n) is 9.36. The summed E-state index contributed by atoms with van der Waals surface area (Å²) < 4.78 is 5.51. The summed E-state index contributed by atoms with van der Waals surface area (Å²) in [5.74, 6) is 0.809. The SMILES string of the molecule is CCC(C)C(NC(=O)c1ccc(C)cc1)c1nc(-c2ccc(C)c(Cl)c2)no1. The van der Waals surface area contributed by atoms with Crippen LogP contribution in [0.4, 0.5) is 0 Å². The van der Waals surface area contributed by atoms with Crippen molar-refractivity contribution in [1.29, 1.82) is 0 Å². The van der Waals surface area contributed by atoms with E-state index >= 15 is 0 Å². The van der Waals surface area contributed by atoms with Crippen molar-refractivity contribution in [1.82, 2.24) is 15.5 Å². The molecule has 0 fully saturated rings. The molecule has 0 radical (unpaired) electrons. The molecule has 0 aliphatic heterocycles. The third kappa shape index (κ3) is 4.42. The molecule has 0 spiro atoms.